The quantitative estimate of drug-likeness (QED) is 0.895. The average molecular weight is 337 g/mol. The highest BCUT2D eigenvalue weighted by molar-refractivity contribution is 9.11. The van der Waals surface area contributed by atoms with Crippen LogP contribution < -0.4 is 5.32 Å². The fourth-order valence-electron chi connectivity index (χ4n) is 1.35. The minimum Gasteiger partial charge on any atom is -0.307 e. The molecule has 0 radical (unpaired) electrons. The molecule has 3 nitrogen and oxygen atoms in total. The van der Waals surface area contributed by atoms with Crippen LogP contribution in [0.5, 0.6) is 0 Å². The van der Waals surface area contributed by atoms with E-state index in [1.807, 2.05) is 11.6 Å². The number of nitrogens with zero attached hydrogens (tertiary/aromatic N) is 2. The lowest BCUT2D eigenvalue weighted by molar-refractivity contribution is 0.591. The topological polar surface area (TPSA) is 29.9 Å². The Kier molecular flexibility index (Phi) is 5.02. The van der Waals surface area contributed by atoms with Gasteiger partial charge in [0.1, 0.15) is 0 Å². The lowest BCUT2D eigenvalue weighted by Crippen LogP contribution is -2.17. The number of halogens is 2. The number of hydrogen-bond acceptors (Lipinski definition) is 2. The molecule has 0 aliphatic carbocycles. The minimum atomic E-state index is 0.764. The maximum atomic E-state index is 4.42. The smallest absolute Gasteiger partial charge is 0.0739 e. The van der Waals surface area contributed by atoms with Crippen LogP contribution in [0, 0.1) is 6.92 Å². The van der Waals surface area contributed by atoms with Gasteiger partial charge in [0.25, 0.3) is 0 Å². The van der Waals surface area contributed by atoms with Crippen molar-refractivity contribution in [1.82, 2.24) is 15.1 Å². The Morgan fingerprint density at radius 2 is 2.27 bits per heavy atom. The van der Waals surface area contributed by atoms with E-state index >= 15 is 0 Å². The first-order chi connectivity index (χ1) is 7.06. The monoisotopic (exact) mass is 335 g/mol. The predicted octanol–water partition coefficient (Wildman–Crippen LogP) is 2.97. The lowest BCUT2D eigenvalue weighted by atomic mass is 10.3. The standard InChI is InChI=1S/C10H15Br2N3/c1-4-15-9(6-13-5-7(2)11)10(12)8(3)14-15/h13H,2,4-6H2,1,3H3. The number of aryl methyl sites for hydroxylation is 2. The molecule has 0 aromatic carbocycles. The second-order valence-electron chi connectivity index (χ2n) is 3.28. The molecule has 0 fully saturated rings. The molecule has 0 aliphatic heterocycles. The second-order valence-corrected chi connectivity index (χ2v) is 5.20. The number of nitrogens with one attached hydrogen (secondary N) is 1. The van der Waals surface area contributed by atoms with Crippen LogP contribution in [-0.4, -0.2) is 16.3 Å². The molecule has 1 rings (SSSR count). The molecule has 0 bridgehead atoms. The van der Waals surface area contributed by atoms with Gasteiger partial charge >= 0.3 is 0 Å². The van der Waals surface area contributed by atoms with Crippen molar-refractivity contribution < 1.29 is 0 Å². The Hall–Kier alpha value is -0.130. The largest absolute Gasteiger partial charge is 0.307 e. The third kappa shape index (κ3) is 3.43. The molecule has 1 heterocycles. The van der Waals surface area contributed by atoms with E-state index in [0.717, 1.165) is 34.3 Å². The summed E-state index contributed by atoms with van der Waals surface area (Å²) < 4.78 is 4.05. The Morgan fingerprint density at radius 1 is 1.60 bits per heavy atom. The van der Waals surface area contributed by atoms with Crippen molar-refractivity contribution in [3.63, 3.8) is 0 Å². The highest BCUT2D eigenvalue weighted by Crippen LogP contribution is 2.20. The summed E-state index contributed by atoms with van der Waals surface area (Å²) in [7, 11) is 0. The van der Waals surface area contributed by atoms with Crippen LogP contribution in [0.1, 0.15) is 18.3 Å². The molecule has 5 heteroatoms. The van der Waals surface area contributed by atoms with Crippen LogP contribution in [0.4, 0.5) is 0 Å². The summed E-state index contributed by atoms with van der Waals surface area (Å²) in [4.78, 5) is 0. The van der Waals surface area contributed by atoms with Crippen molar-refractivity contribution in [2.45, 2.75) is 26.9 Å². The van der Waals surface area contributed by atoms with Crippen molar-refractivity contribution in [3.05, 3.63) is 26.9 Å². The van der Waals surface area contributed by atoms with E-state index < -0.39 is 0 Å². The summed E-state index contributed by atoms with van der Waals surface area (Å²) in [6.45, 7) is 10.3. The van der Waals surface area contributed by atoms with Gasteiger partial charge in [-0.2, -0.15) is 5.10 Å². The first-order valence-corrected chi connectivity index (χ1v) is 6.40. The van der Waals surface area contributed by atoms with Crippen molar-refractivity contribution >= 4 is 31.9 Å². The molecule has 1 aromatic rings. The highest BCUT2D eigenvalue weighted by Gasteiger charge is 2.10. The van der Waals surface area contributed by atoms with E-state index in [1.54, 1.807) is 0 Å². The normalized spacial score (nSPS) is 10.7. The Morgan fingerprint density at radius 3 is 2.80 bits per heavy atom. The maximum Gasteiger partial charge on any atom is 0.0739 e. The molecule has 0 unspecified atom stereocenters. The van der Waals surface area contributed by atoms with E-state index in [1.165, 1.54) is 5.69 Å². The van der Waals surface area contributed by atoms with E-state index in [-0.39, 0.29) is 0 Å². The molecule has 84 valence electrons. The fourth-order valence-corrected chi connectivity index (χ4v) is 1.98. The van der Waals surface area contributed by atoms with Crippen LogP contribution in [-0.2, 0) is 13.1 Å². The third-order valence-electron chi connectivity index (χ3n) is 2.06. The van der Waals surface area contributed by atoms with Crippen molar-refractivity contribution in [2.24, 2.45) is 0 Å². The summed E-state index contributed by atoms with van der Waals surface area (Å²) in [6.07, 6.45) is 0. The van der Waals surface area contributed by atoms with Crippen LogP contribution in [0.2, 0.25) is 0 Å². The fraction of sp³-hybridized carbons (Fsp3) is 0.500. The maximum absolute atomic E-state index is 4.42. The van der Waals surface area contributed by atoms with Gasteiger partial charge in [0, 0.05) is 24.1 Å². The zero-order valence-electron chi connectivity index (χ0n) is 8.98. The molecular weight excluding hydrogens is 322 g/mol. The first-order valence-electron chi connectivity index (χ1n) is 4.82. The molecule has 0 saturated heterocycles. The Bertz CT molecular complexity index is 358. The SMILES string of the molecule is C=C(Br)CNCc1c(Br)c(C)nn1CC. The van der Waals surface area contributed by atoms with Crippen LogP contribution >= 0.6 is 31.9 Å². The van der Waals surface area contributed by atoms with Gasteiger partial charge in [-0.05, 0) is 29.8 Å². The zero-order chi connectivity index (χ0) is 11.4. The molecule has 0 amide bonds. The van der Waals surface area contributed by atoms with Gasteiger partial charge < -0.3 is 5.32 Å². The van der Waals surface area contributed by atoms with Gasteiger partial charge in [-0.3, -0.25) is 4.68 Å². The summed E-state index contributed by atoms with van der Waals surface area (Å²) in [5.74, 6) is 0. The molecule has 0 saturated carbocycles. The van der Waals surface area contributed by atoms with Gasteiger partial charge in [-0.15, -0.1) is 0 Å². The van der Waals surface area contributed by atoms with E-state index in [4.69, 9.17) is 0 Å². The summed E-state index contributed by atoms with van der Waals surface area (Å²) in [5.41, 5.74) is 2.22. The third-order valence-corrected chi connectivity index (χ3v) is 3.37. The van der Waals surface area contributed by atoms with Gasteiger partial charge in [0.15, 0.2) is 0 Å². The predicted molar refractivity (Wildman–Crippen MR) is 70.1 cm³/mol. The van der Waals surface area contributed by atoms with E-state index in [2.05, 4.69) is 55.8 Å². The van der Waals surface area contributed by atoms with Gasteiger partial charge in [-0.1, -0.05) is 22.5 Å². The molecule has 0 aliphatic rings. The molecule has 15 heavy (non-hydrogen) atoms. The molecule has 0 spiro atoms. The van der Waals surface area contributed by atoms with E-state index in [0.29, 0.717) is 0 Å². The first kappa shape index (κ1) is 12.9. The Labute approximate surface area is 107 Å². The number of rotatable bonds is 5. The minimum absolute atomic E-state index is 0.764. The lowest BCUT2D eigenvalue weighted by Gasteiger charge is -2.06. The van der Waals surface area contributed by atoms with Gasteiger partial charge in [0.05, 0.1) is 15.9 Å². The number of aromatic nitrogens is 2. The van der Waals surface area contributed by atoms with Gasteiger partial charge in [0.2, 0.25) is 0 Å². The van der Waals surface area contributed by atoms with Crippen LogP contribution in [0.3, 0.4) is 0 Å². The molecule has 0 atom stereocenters. The highest BCUT2D eigenvalue weighted by atomic mass is 79.9. The average Bonchev–Trinajstić information content (AvgIpc) is 2.44. The summed E-state index contributed by atoms with van der Waals surface area (Å²) in [5, 5.41) is 7.71. The summed E-state index contributed by atoms with van der Waals surface area (Å²) >= 11 is 6.87. The van der Waals surface area contributed by atoms with Crippen molar-refractivity contribution in [3.8, 4) is 0 Å². The zero-order valence-corrected chi connectivity index (χ0v) is 12.2. The summed E-state index contributed by atoms with van der Waals surface area (Å²) in [6, 6.07) is 0. The molecule has 1 N–H and O–H groups in total. The Balaban J connectivity index is 2.70. The number of hydrogen-bond donors (Lipinski definition) is 1. The van der Waals surface area contributed by atoms with E-state index in [9.17, 15) is 0 Å². The van der Waals surface area contributed by atoms with Crippen molar-refractivity contribution in [2.75, 3.05) is 6.54 Å². The van der Waals surface area contributed by atoms with Crippen LogP contribution in [0.25, 0.3) is 0 Å². The van der Waals surface area contributed by atoms with Crippen molar-refractivity contribution in [1.29, 1.82) is 0 Å². The van der Waals surface area contributed by atoms with Gasteiger partial charge in [-0.25, -0.2) is 0 Å². The molecule has 1 aromatic heterocycles. The van der Waals surface area contributed by atoms with Crippen LogP contribution in [0.15, 0.2) is 15.5 Å². The second kappa shape index (κ2) is 5.82. The molecular formula is C10H15Br2N3.